The second-order valence-electron chi connectivity index (χ2n) is 7.33. The quantitative estimate of drug-likeness (QED) is 0.770. The third-order valence-electron chi connectivity index (χ3n) is 5.37. The van der Waals surface area contributed by atoms with Crippen LogP contribution in [0.5, 0.6) is 5.75 Å². The van der Waals surface area contributed by atoms with Crippen molar-refractivity contribution in [3.05, 3.63) is 53.6 Å². The van der Waals surface area contributed by atoms with E-state index in [-0.39, 0.29) is 28.2 Å². The van der Waals surface area contributed by atoms with E-state index in [4.69, 9.17) is 4.74 Å². The SMILES string of the molecule is CCc1ccc(NC(=O)c2ccc(OC)c(S(=O)(=O)N3CCCC[C@H]3C)c2)cc1. The zero-order chi connectivity index (χ0) is 21.0. The Morgan fingerprint density at radius 2 is 1.90 bits per heavy atom. The fourth-order valence-electron chi connectivity index (χ4n) is 3.60. The second kappa shape index (κ2) is 8.97. The number of anilines is 1. The first kappa shape index (κ1) is 21.3. The van der Waals surface area contributed by atoms with Crippen molar-refractivity contribution in [2.75, 3.05) is 19.0 Å². The number of piperidine rings is 1. The number of hydrogen-bond acceptors (Lipinski definition) is 4. The zero-order valence-corrected chi connectivity index (χ0v) is 18.0. The highest BCUT2D eigenvalue weighted by atomic mass is 32.2. The molecule has 0 unspecified atom stereocenters. The van der Waals surface area contributed by atoms with Gasteiger partial charge in [-0.2, -0.15) is 4.31 Å². The molecule has 1 aliphatic heterocycles. The lowest BCUT2D eigenvalue weighted by Crippen LogP contribution is -2.42. The second-order valence-corrected chi connectivity index (χ2v) is 9.19. The summed E-state index contributed by atoms with van der Waals surface area (Å²) >= 11 is 0. The summed E-state index contributed by atoms with van der Waals surface area (Å²) in [5.74, 6) is -0.119. The number of carbonyl (C=O) groups excluding carboxylic acids is 1. The maximum Gasteiger partial charge on any atom is 0.255 e. The third kappa shape index (κ3) is 4.62. The van der Waals surface area contributed by atoms with E-state index in [9.17, 15) is 13.2 Å². The minimum atomic E-state index is -3.76. The van der Waals surface area contributed by atoms with Crippen molar-refractivity contribution >= 4 is 21.6 Å². The molecule has 29 heavy (non-hydrogen) atoms. The highest BCUT2D eigenvalue weighted by Crippen LogP contribution is 2.32. The monoisotopic (exact) mass is 416 g/mol. The summed E-state index contributed by atoms with van der Waals surface area (Å²) < 4.78 is 33.4. The number of sulfonamides is 1. The van der Waals surface area contributed by atoms with Gasteiger partial charge in [0.1, 0.15) is 10.6 Å². The Labute approximate surface area is 172 Å². The van der Waals surface area contributed by atoms with E-state index < -0.39 is 10.0 Å². The van der Waals surface area contributed by atoms with Gasteiger partial charge in [0.25, 0.3) is 5.91 Å². The first-order valence-corrected chi connectivity index (χ1v) is 11.4. The summed E-state index contributed by atoms with van der Waals surface area (Å²) in [7, 11) is -2.33. The van der Waals surface area contributed by atoms with Gasteiger partial charge in [-0.3, -0.25) is 4.79 Å². The van der Waals surface area contributed by atoms with Crippen LogP contribution >= 0.6 is 0 Å². The average Bonchev–Trinajstić information content (AvgIpc) is 2.74. The molecular formula is C22H28N2O4S. The van der Waals surface area contributed by atoms with E-state index in [0.717, 1.165) is 25.7 Å². The number of nitrogens with one attached hydrogen (secondary N) is 1. The van der Waals surface area contributed by atoms with Gasteiger partial charge in [-0.15, -0.1) is 0 Å². The lowest BCUT2D eigenvalue weighted by molar-refractivity contribution is 0.102. The van der Waals surface area contributed by atoms with Gasteiger partial charge in [-0.05, 0) is 62.1 Å². The lowest BCUT2D eigenvalue weighted by atomic mass is 10.1. The molecule has 1 amide bonds. The Kier molecular flexibility index (Phi) is 6.59. The summed E-state index contributed by atoms with van der Waals surface area (Å²) in [5.41, 5.74) is 2.11. The summed E-state index contributed by atoms with van der Waals surface area (Å²) in [4.78, 5) is 12.8. The topological polar surface area (TPSA) is 75.7 Å². The van der Waals surface area contributed by atoms with Crippen molar-refractivity contribution in [2.24, 2.45) is 0 Å². The molecule has 3 rings (SSSR count). The number of aryl methyl sites for hydroxylation is 1. The zero-order valence-electron chi connectivity index (χ0n) is 17.1. The van der Waals surface area contributed by atoms with Gasteiger partial charge >= 0.3 is 0 Å². The molecule has 0 aliphatic carbocycles. The van der Waals surface area contributed by atoms with Crippen molar-refractivity contribution in [3.63, 3.8) is 0 Å². The van der Waals surface area contributed by atoms with E-state index >= 15 is 0 Å². The van der Waals surface area contributed by atoms with Gasteiger partial charge in [0.15, 0.2) is 0 Å². The highest BCUT2D eigenvalue weighted by Gasteiger charge is 2.33. The molecule has 2 aromatic rings. The summed E-state index contributed by atoms with van der Waals surface area (Å²) in [6.07, 6.45) is 3.60. The molecule has 156 valence electrons. The molecule has 7 heteroatoms. The maximum atomic E-state index is 13.3. The molecule has 0 radical (unpaired) electrons. The molecule has 0 spiro atoms. The smallest absolute Gasteiger partial charge is 0.255 e. The van der Waals surface area contributed by atoms with E-state index in [0.29, 0.717) is 12.2 Å². The Morgan fingerprint density at radius 3 is 2.52 bits per heavy atom. The van der Waals surface area contributed by atoms with Crippen molar-refractivity contribution in [2.45, 2.75) is 50.5 Å². The average molecular weight is 417 g/mol. The van der Waals surface area contributed by atoms with Crippen molar-refractivity contribution < 1.29 is 17.9 Å². The molecule has 6 nitrogen and oxygen atoms in total. The Morgan fingerprint density at radius 1 is 1.17 bits per heavy atom. The van der Waals surface area contributed by atoms with Gasteiger partial charge in [0.05, 0.1) is 7.11 Å². The minimum Gasteiger partial charge on any atom is -0.495 e. The van der Waals surface area contributed by atoms with Crippen LogP contribution < -0.4 is 10.1 Å². The van der Waals surface area contributed by atoms with Gasteiger partial charge in [0.2, 0.25) is 10.0 Å². The normalized spacial score (nSPS) is 17.7. The number of nitrogens with zero attached hydrogens (tertiary/aromatic N) is 1. The predicted molar refractivity (Wildman–Crippen MR) is 114 cm³/mol. The number of methoxy groups -OCH3 is 1. The van der Waals surface area contributed by atoms with E-state index in [2.05, 4.69) is 12.2 Å². The van der Waals surface area contributed by atoms with Crippen LogP contribution in [0, 0.1) is 0 Å². The van der Waals surface area contributed by atoms with Crippen LogP contribution in [0.25, 0.3) is 0 Å². The first-order valence-electron chi connectivity index (χ1n) is 9.97. The number of benzene rings is 2. The number of rotatable bonds is 6. The molecule has 0 bridgehead atoms. The molecule has 1 N–H and O–H groups in total. The summed E-state index contributed by atoms with van der Waals surface area (Å²) in [6, 6.07) is 12.0. The van der Waals surface area contributed by atoms with Gasteiger partial charge in [-0.1, -0.05) is 25.5 Å². The lowest BCUT2D eigenvalue weighted by Gasteiger charge is -2.32. The van der Waals surface area contributed by atoms with E-state index in [1.807, 2.05) is 31.2 Å². The first-order chi connectivity index (χ1) is 13.9. The van der Waals surface area contributed by atoms with Gasteiger partial charge in [-0.25, -0.2) is 8.42 Å². The number of amides is 1. The van der Waals surface area contributed by atoms with E-state index in [1.54, 1.807) is 6.07 Å². The summed E-state index contributed by atoms with van der Waals surface area (Å²) in [5, 5.41) is 2.83. The molecular weight excluding hydrogens is 388 g/mol. The largest absolute Gasteiger partial charge is 0.495 e. The highest BCUT2D eigenvalue weighted by molar-refractivity contribution is 7.89. The van der Waals surface area contributed by atoms with Crippen molar-refractivity contribution in [1.82, 2.24) is 4.31 Å². The number of carbonyl (C=O) groups is 1. The molecule has 1 fully saturated rings. The maximum absolute atomic E-state index is 13.3. The molecule has 1 heterocycles. The van der Waals surface area contributed by atoms with Crippen LogP contribution in [0.2, 0.25) is 0 Å². The van der Waals surface area contributed by atoms with E-state index in [1.165, 1.54) is 29.1 Å². The van der Waals surface area contributed by atoms with Crippen molar-refractivity contribution in [3.8, 4) is 5.75 Å². The van der Waals surface area contributed by atoms with Crippen LogP contribution in [0.3, 0.4) is 0 Å². The molecule has 2 aromatic carbocycles. The third-order valence-corrected chi connectivity index (χ3v) is 7.41. The van der Waals surface area contributed by atoms with Crippen LogP contribution in [0.4, 0.5) is 5.69 Å². The Hall–Kier alpha value is -2.38. The van der Waals surface area contributed by atoms with Crippen LogP contribution in [0.15, 0.2) is 47.4 Å². The van der Waals surface area contributed by atoms with Crippen LogP contribution in [0.1, 0.15) is 49.0 Å². The molecule has 0 aromatic heterocycles. The Balaban J connectivity index is 1.90. The fraction of sp³-hybridized carbons (Fsp3) is 0.409. The van der Waals surface area contributed by atoms with Gasteiger partial charge < -0.3 is 10.1 Å². The Bertz CT molecular complexity index is 971. The minimum absolute atomic E-state index is 0.0303. The predicted octanol–water partition coefficient (Wildman–Crippen LogP) is 4.07. The van der Waals surface area contributed by atoms with Gasteiger partial charge in [0, 0.05) is 23.8 Å². The van der Waals surface area contributed by atoms with Crippen LogP contribution in [-0.2, 0) is 16.4 Å². The summed E-state index contributed by atoms with van der Waals surface area (Å²) in [6.45, 7) is 4.46. The molecule has 1 aliphatic rings. The van der Waals surface area contributed by atoms with Crippen LogP contribution in [-0.4, -0.2) is 38.3 Å². The molecule has 0 saturated carbocycles. The molecule has 1 atom stereocenters. The number of hydrogen-bond donors (Lipinski definition) is 1. The standard InChI is InChI=1S/C22H28N2O4S/c1-4-17-8-11-19(12-9-17)23-22(25)18-10-13-20(28-3)21(15-18)29(26,27)24-14-6-5-7-16(24)2/h8-13,15-16H,4-7,14H2,1-3H3,(H,23,25)/t16-/m1/s1. The fourth-order valence-corrected chi connectivity index (χ4v) is 5.48. The van der Waals surface area contributed by atoms with Crippen molar-refractivity contribution in [1.29, 1.82) is 0 Å². The number of ether oxygens (including phenoxy) is 1. The molecule has 1 saturated heterocycles.